The molecule has 7 rings (SSSR count). The number of aliphatic hydroxyl groups is 6. The van der Waals surface area contributed by atoms with Gasteiger partial charge in [-0.05, 0) is 54.8 Å². The number of ether oxygens (including phenoxy) is 4. The van der Waals surface area contributed by atoms with Crippen LogP contribution in [0.2, 0.25) is 0 Å². The number of benzene rings is 3. The second-order valence-electron chi connectivity index (χ2n) is 14.9. The number of fused-ring (bicyclic) bond motifs is 2. The predicted molar refractivity (Wildman–Crippen MR) is 200 cm³/mol. The van der Waals surface area contributed by atoms with Gasteiger partial charge < -0.3 is 81.6 Å². The maximum absolute atomic E-state index is 13.9. The molecule has 0 bridgehead atoms. The second kappa shape index (κ2) is 16.6. The van der Waals surface area contributed by atoms with E-state index in [9.17, 15) is 45.3 Å². The number of phenols is 1. The molecular formula is C39H48N4O14. The van der Waals surface area contributed by atoms with Crippen LogP contribution < -0.4 is 27.9 Å². The highest BCUT2D eigenvalue weighted by Crippen LogP contribution is 2.42. The molecule has 0 spiro atoms. The second-order valence-corrected chi connectivity index (χ2v) is 14.9. The number of amides is 1. The van der Waals surface area contributed by atoms with E-state index in [0.29, 0.717) is 34.1 Å². The number of nitrogens with two attached hydrogens (primary N) is 3. The third-order valence-corrected chi connectivity index (χ3v) is 11.1. The van der Waals surface area contributed by atoms with Crippen molar-refractivity contribution in [3.63, 3.8) is 0 Å². The molecule has 2 aliphatic carbocycles. The Kier molecular flexibility index (Phi) is 12.0. The highest BCUT2D eigenvalue weighted by Gasteiger charge is 2.51. The minimum absolute atomic E-state index is 0.0335. The number of nitrogens with one attached hydrogen (secondary N) is 1. The van der Waals surface area contributed by atoms with Gasteiger partial charge in [0, 0.05) is 46.8 Å². The molecule has 57 heavy (non-hydrogen) atoms. The molecule has 2 aromatic carbocycles. The van der Waals surface area contributed by atoms with E-state index in [1.807, 2.05) is 0 Å². The van der Waals surface area contributed by atoms with Crippen molar-refractivity contribution in [3.05, 3.63) is 76.5 Å². The summed E-state index contributed by atoms with van der Waals surface area (Å²) in [6.07, 6.45) is -16.9. The maximum Gasteiger partial charge on any atom is 0.252 e. The van der Waals surface area contributed by atoms with Gasteiger partial charge in [-0.2, -0.15) is 0 Å². The third kappa shape index (κ3) is 7.89. The molecule has 1 saturated carbocycles. The first-order valence-corrected chi connectivity index (χ1v) is 18.7. The van der Waals surface area contributed by atoms with Gasteiger partial charge in [-0.25, -0.2) is 0 Å². The fraction of sp³-hybridized carbons (Fsp3) is 0.487. The van der Waals surface area contributed by atoms with Crippen molar-refractivity contribution in [2.75, 3.05) is 6.54 Å². The first kappa shape index (κ1) is 41.1. The third-order valence-electron chi connectivity index (χ3n) is 11.1. The van der Waals surface area contributed by atoms with Crippen molar-refractivity contribution in [3.8, 4) is 28.2 Å². The topological polar surface area (TPSA) is 316 Å². The van der Waals surface area contributed by atoms with Gasteiger partial charge in [0.15, 0.2) is 18.0 Å². The Morgan fingerprint density at radius 3 is 2.14 bits per heavy atom. The van der Waals surface area contributed by atoms with E-state index in [1.54, 1.807) is 43.3 Å². The van der Waals surface area contributed by atoms with E-state index in [0.717, 1.165) is 0 Å². The zero-order chi connectivity index (χ0) is 40.9. The standard InChI is InChI=1S/C39H48N4O14/c1-2-23-29(46)28(42)31(48)38(54-23)56-35-21(40)13-22(41)36(34(35)51)57-39-33(50)32(49)30(47)26(55-39)14-43-37(52)18-6-4-3-5-17(18)27-19-9-7-16(45)12-25(19)53-24-10-8-15(44)11-20(24)27/h3-12,21-23,26,28-36,38-39,44,46-51H,2,13-14,40-42H2,1H3,(H,43,52)/t21?,22?,23-,26?,28-,29?,30-,31-,32+,33?,34-,35-,36?,38?,39-/m1/s1. The van der Waals surface area contributed by atoms with Gasteiger partial charge in [0.05, 0.1) is 18.2 Å². The van der Waals surface area contributed by atoms with Crippen LogP contribution in [0.1, 0.15) is 30.1 Å². The molecule has 7 unspecified atom stereocenters. The number of hydrogen-bond acceptors (Lipinski definition) is 17. The van der Waals surface area contributed by atoms with Gasteiger partial charge in [0.1, 0.15) is 65.9 Å². The van der Waals surface area contributed by atoms with E-state index in [2.05, 4.69) is 5.32 Å². The van der Waals surface area contributed by atoms with Crippen LogP contribution in [0.15, 0.2) is 69.9 Å². The van der Waals surface area contributed by atoms with Crippen molar-refractivity contribution in [1.29, 1.82) is 0 Å². The number of aromatic hydroxyl groups is 1. The molecule has 308 valence electrons. The first-order chi connectivity index (χ1) is 27.2. The van der Waals surface area contributed by atoms with Crippen LogP contribution in [-0.2, 0) is 18.9 Å². The van der Waals surface area contributed by atoms with Crippen molar-refractivity contribution in [2.45, 2.75) is 112 Å². The summed E-state index contributed by atoms with van der Waals surface area (Å²) >= 11 is 0. The zero-order valence-corrected chi connectivity index (χ0v) is 30.8. The number of rotatable bonds is 9. The molecule has 1 amide bonds. The van der Waals surface area contributed by atoms with Crippen LogP contribution in [-0.4, -0.2) is 140 Å². The number of carbonyl (C=O) groups is 1. The SMILES string of the molecule is CC[C@H]1OC(O[C@@H]2C(N)CC(N)C(O[C@H]3OC(CNC(=O)c4ccccc4-c4c5ccc(=O)cc-5oc5ccc(O)cc45)[C@@H](O)[C@H](O)C3O)[C@@H]2O)[C@H](O)[C@H](N)C1O. The largest absolute Gasteiger partial charge is 0.508 e. The summed E-state index contributed by atoms with van der Waals surface area (Å²) < 4.78 is 29.5. The lowest BCUT2D eigenvalue weighted by atomic mass is 9.84. The average molecular weight is 797 g/mol. The molecular weight excluding hydrogens is 748 g/mol. The number of aliphatic hydroxyl groups excluding tert-OH is 6. The van der Waals surface area contributed by atoms with Gasteiger partial charge in [0.25, 0.3) is 5.91 Å². The molecule has 0 radical (unpaired) electrons. The van der Waals surface area contributed by atoms with Crippen molar-refractivity contribution in [2.24, 2.45) is 17.2 Å². The van der Waals surface area contributed by atoms with Crippen LogP contribution in [0.5, 0.6) is 5.75 Å². The van der Waals surface area contributed by atoms with Crippen molar-refractivity contribution < 1.29 is 63.9 Å². The van der Waals surface area contributed by atoms with Crippen molar-refractivity contribution >= 4 is 16.9 Å². The fourth-order valence-corrected chi connectivity index (χ4v) is 7.90. The number of carbonyl (C=O) groups excluding carboxylic acids is 1. The Hall–Kier alpha value is -4.12. The quantitative estimate of drug-likeness (QED) is 0.0831. The Labute approximate surface area is 325 Å². The first-order valence-electron chi connectivity index (χ1n) is 18.7. The predicted octanol–water partition coefficient (Wildman–Crippen LogP) is -1.82. The Morgan fingerprint density at radius 1 is 0.772 bits per heavy atom. The molecule has 0 aromatic heterocycles. The monoisotopic (exact) mass is 796 g/mol. The zero-order valence-electron chi connectivity index (χ0n) is 30.8. The number of hydrogen-bond donors (Lipinski definition) is 11. The molecule has 3 fully saturated rings. The van der Waals surface area contributed by atoms with Gasteiger partial charge >= 0.3 is 0 Å². The Balaban J connectivity index is 1.08. The molecule has 5 aliphatic rings. The van der Waals surface area contributed by atoms with E-state index in [4.69, 9.17) is 40.6 Å². The smallest absolute Gasteiger partial charge is 0.252 e. The lowest BCUT2D eigenvalue weighted by molar-refractivity contribution is -0.331. The lowest BCUT2D eigenvalue weighted by Crippen LogP contribution is -2.68. The summed E-state index contributed by atoms with van der Waals surface area (Å²) in [6.45, 7) is 1.36. The van der Waals surface area contributed by atoms with Crippen LogP contribution in [0.3, 0.4) is 0 Å². The molecule has 2 aromatic rings. The van der Waals surface area contributed by atoms with Gasteiger partial charge in [-0.1, -0.05) is 25.1 Å². The van der Waals surface area contributed by atoms with Crippen LogP contribution in [0.4, 0.5) is 0 Å². The summed E-state index contributed by atoms with van der Waals surface area (Å²) in [5.74, 6) is -0.410. The molecule has 3 heterocycles. The highest BCUT2D eigenvalue weighted by molar-refractivity contribution is 6.09. The normalized spacial score (nSPS) is 36.0. The van der Waals surface area contributed by atoms with E-state index >= 15 is 0 Å². The summed E-state index contributed by atoms with van der Waals surface area (Å²) in [4.78, 5) is 26.1. The van der Waals surface area contributed by atoms with Crippen LogP contribution in [0, 0.1) is 0 Å². The van der Waals surface area contributed by atoms with Gasteiger partial charge in [0.2, 0.25) is 0 Å². The molecule has 2 saturated heterocycles. The molecule has 14 N–H and O–H groups in total. The van der Waals surface area contributed by atoms with E-state index in [1.165, 1.54) is 24.3 Å². The summed E-state index contributed by atoms with van der Waals surface area (Å²) in [5, 5.41) is 78.7. The van der Waals surface area contributed by atoms with Crippen molar-refractivity contribution in [1.82, 2.24) is 5.32 Å². The Morgan fingerprint density at radius 2 is 1.44 bits per heavy atom. The molecule has 18 heteroatoms. The van der Waals surface area contributed by atoms with E-state index in [-0.39, 0.29) is 35.5 Å². The van der Waals surface area contributed by atoms with Crippen LogP contribution >= 0.6 is 0 Å². The number of phenolic OH excluding ortho intramolecular Hbond substituents is 1. The molecule has 15 atom stereocenters. The van der Waals surface area contributed by atoms with Gasteiger partial charge in [-0.15, -0.1) is 0 Å². The summed E-state index contributed by atoms with van der Waals surface area (Å²) in [7, 11) is 0. The summed E-state index contributed by atoms with van der Waals surface area (Å²) in [6, 6.07) is 12.4. The highest BCUT2D eigenvalue weighted by atomic mass is 16.7. The van der Waals surface area contributed by atoms with E-state index < -0.39 is 97.7 Å². The fourth-order valence-electron chi connectivity index (χ4n) is 7.90. The molecule has 18 nitrogen and oxygen atoms in total. The minimum atomic E-state index is -1.83. The van der Waals surface area contributed by atoms with Crippen LogP contribution in [0.25, 0.3) is 33.4 Å². The molecule has 3 aliphatic heterocycles. The Bertz CT molecular complexity index is 2080. The lowest BCUT2D eigenvalue weighted by Gasteiger charge is -2.48. The maximum atomic E-state index is 13.9. The average Bonchev–Trinajstić information content (AvgIpc) is 3.19. The summed E-state index contributed by atoms with van der Waals surface area (Å²) in [5.41, 5.74) is 20.3. The van der Waals surface area contributed by atoms with Gasteiger partial charge in [-0.3, -0.25) is 9.59 Å². The minimum Gasteiger partial charge on any atom is -0.508 e.